The van der Waals surface area contributed by atoms with E-state index < -0.39 is 18.0 Å². The Kier molecular flexibility index (Phi) is 8.76. The van der Waals surface area contributed by atoms with Crippen LogP contribution < -0.4 is 20.1 Å². The Labute approximate surface area is 254 Å². The fourth-order valence-electron chi connectivity index (χ4n) is 7.81. The molecule has 11 heteroatoms. The number of methoxy groups -OCH3 is 1. The number of piperazine rings is 1. The van der Waals surface area contributed by atoms with Crippen molar-refractivity contribution in [3.05, 3.63) is 36.4 Å². The molecule has 1 saturated carbocycles. The number of ether oxygens (including phenoxy) is 3. The van der Waals surface area contributed by atoms with Crippen molar-refractivity contribution in [1.82, 2.24) is 25.3 Å². The number of Topliss-reactive ketones (excluding diaryl/α,β-unsaturated/α-hetero) is 1. The van der Waals surface area contributed by atoms with Gasteiger partial charge in [0.1, 0.15) is 11.5 Å². The molecule has 1 aromatic carbocycles. The first-order valence-corrected chi connectivity index (χ1v) is 15.6. The molecule has 43 heavy (non-hydrogen) atoms. The van der Waals surface area contributed by atoms with E-state index in [4.69, 9.17) is 14.2 Å². The Bertz CT molecular complexity index is 1270. The van der Waals surface area contributed by atoms with E-state index in [-0.39, 0.29) is 36.2 Å². The first-order valence-electron chi connectivity index (χ1n) is 15.6. The van der Waals surface area contributed by atoms with Gasteiger partial charge in [-0.05, 0) is 82.0 Å². The largest absolute Gasteiger partial charge is 0.497 e. The molecule has 0 radical (unpaired) electrons. The van der Waals surface area contributed by atoms with E-state index in [0.717, 1.165) is 49.3 Å². The Balaban J connectivity index is 1.24. The molecule has 6 unspecified atom stereocenters. The normalized spacial score (nSPS) is 34.6. The van der Waals surface area contributed by atoms with Crippen LogP contribution in [0.15, 0.2) is 30.9 Å². The fourth-order valence-corrected chi connectivity index (χ4v) is 7.81. The second kappa shape index (κ2) is 12.5. The van der Waals surface area contributed by atoms with E-state index >= 15 is 0 Å². The summed E-state index contributed by atoms with van der Waals surface area (Å²) in [5.41, 5.74) is 0.181. The zero-order valence-electron chi connectivity index (χ0n) is 25.3. The summed E-state index contributed by atoms with van der Waals surface area (Å²) >= 11 is 0. The molecular formula is C32H44N6O5. The van der Waals surface area contributed by atoms with Crippen LogP contribution in [0.3, 0.4) is 0 Å². The number of likely N-dealkylation sites (N-methyl/N-ethyl adjacent to an activating group) is 1. The minimum Gasteiger partial charge on any atom is -0.497 e. The van der Waals surface area contributed by atoms with Crippen LogP contribution in [0.1, 0.15) is 44.1 Å². The molecule has 4 aliphatic heterocycles. The maximum atomic E-state index is 14.5. The van der Waals surface area contributed by atoms with Gasteiger partial charge in [0.2, 0.25) is 5.91 Å². The maximum absolute atomic E-state index is 14.5. The quantitative estimate of drug-likeness (QED) is 0.452. The molecule has 1 aromatic rings. The van der Waals surface area contributed by atoms with Gasteiger partial charge in [-0.15, -0.1) is 0 Å². The molecule has 7 atom stereocenters. The fraction of sp³-hybridized carbons (Fsp3) is 0.656. The molecular weight excluding hydrogens is 548 g/mol. The first kappa shape index (κ1) is 30.0. The number of benzene rings is 1. The molecule has 1 amide bonds. The van der Waals surface area contributed by atoms with Crippen LogP contribution in [0.2, 0.25) is 0 Å². The van der Waals surface area contributed by atoms with Crippen molar-refractivity contribution >= 4 is 11.7 Å². The van der Waals surface area contributed by atoms with Crippen molar-refractivity contribution in [2.45, 2.75) is 81.2 Å². The summed E-state index contributed by atoms with van der Waals surface area (Å²) in [6.45, 7) is 6.95. The number of hydrogen-bond donors (Lipinski definition) is 2. The van der Waals surface area contributed by atoms with Gasteiger partial charge in [-0.3, -0.25) is 25.1 Å². The highest BCUT2D eigenvalue weighted by molar-refractivity contribution is 5.94. The number of nitriles is 1. The van der Waals surface area contributed by atoms with Crippen molar-refractivity contribution < 1.29 is 23.8 Å². The summed E-state index contributed by atoms with van der Waals surface area (Å²) in [5.74, 6) is 1.45. The monoisotopic (exact) mass is 592 g/mol. The predicted molar refractivity (Wildman–Crippen MR) is 159 cm³/mol. The highest BCUT2D eigenvalue weighted by Crippen LogP contribution is 2.44. The van der Waals surface area contributed by atoms with Gasteiger partial charge in [-0.25, -0.2) is 0 Å². The van der Waals surface area contributed by atoms with E-state index in [9.17, 15) is 14.9 Å². The van der Waals surface area contributed by atoms with Crippen molar-refractivity contribution in [3.8, 4) is 17.6 Å². The van der Waals surface area contributed by atoms with Crippen LogP contribution in [-0.2, 0) is 20.7 Å². The molecule has 1 aliphatic carbocycles. The number of amides is 1. The number of aryl methyl sites for hydroxylation is 1. The summed E-state index contributed by atoms with van der Waals surface area (Å²) < 4.78 is 18.4. The Morgan fingerprint density at radius 3 is 2.84 bits per heavy atom. The van der Waals surface area contributed by atoms with Crippen LogP contribution in [0.25, 0.3) is 0 Å². The number of carbonyl (C=O) groups excluding carboxylic acids is 2. The molecule has 0 aromatic heterocycles. The molecule has 11 nitrogen and oxygen atoms in total. The van der Waals surface area contributed by atoms with E-state index in [2.05, 4.69) is 40.1 Å². The molecule has 3 saturated heterocycles. The van der Waals surface area contributed by atoms with Crippen LogP contribution in [0.4, 0.5) is 0 Å². The van der Waals surface area contributed by atoms with Gasteiger partial charge >= 0.3 is 0 Å². The second-order valence-corrected chi connectivity index (χ2v) is 12.6. The summed E-state index contributed by atoms with van der Waals surface area (Å²) in [6.07, 6.45) is 5.94. The Morgan fingerprint density at radius 2 is 2.09 bits per heavy atom. The zero-order valence-corrected chi connectivity index (χ0v) is 25.3. The lowest BCUT2D eigenvalue weighted by atomic mass is 9.69. The lowest BCUT2D eigenvalue weighted by Crippen LogP contribution is -2.76. The number of carbonyl (C=O) groups is 2. The van der Waals surface area contributed by atoms with Crippen LogP contribution in [0.5, 0.6) is 11.5 Å². The number of hydrogen-bond acceptors (Lipinski definition) is 10. The summed E-state index contributed by atoms with van der Waals surface area (Å²) in [4.78, 5) is 33.4. The van der Waals surface area contributed by atoms with Crippen LogP contribution in [-0.4, -0.2) is 110 Å². The highest BCUT2D eigenvalue weighted by Gasteiger charge is 2.56. The number of fused-ring (bicyclic) bond motifs is 2. The third-order valence-electron chi connectivity index (χ3n) is 10.3. The summed E-state index contributed by atoms with van der Waals surface area (Å²) in [5, 5.41) is 16.8. The Morgan fingerprint density at radius 1 is 1.23 bits per heavy atom. The lowest BCUT2D eigenvalue weighted by molar-refractivity contribution is -0.160. The molecule has 5 aliphatic rings. The van der Waals surface area contributed by atoms with Gasteiger partial charge in [0.15, 0.2) is 17.7 Å². The van der Waals surface area contributed by atoms with Gasteiger partial charge in [0.25, 0.3) is 0 Å². The number of likely N-dealkylation sites (tertiary alicyclic amines) is 1. The number of ketones is 1. The van der Waals surface area contributed by atoms with Crippen molar-refractivity contribution in [2.24, 2.45) is 5.92 Å². The van der Waals surface area contributed by atoms with E-state index in [1.54, 1.807) is 12.0 Å². The SMILES string of the molecule is C=CC(=O)N1CCN(C2NC(OCC3CCCN3C)NC3C(=O)[C@]4(CCc5cc(OC)ccc5O4)CCC32)CC1CC#N. The first-order chi connectivity index (χ1) is 20.9. The number of nitrogens with zero attached hydrogens (tertiary/aromatic N) is 4. The molecule has 4 heterocycles. The highest BCUT2D eigenvalue weighted by atomic mass is 16.5. The number of rotatable bonds is 7. The van der Waals surface area contributed by atoms with Crippen LogP contribution >= 0.6 is 0 Å². The third-order valence-corrected chi connectivity index (χ3v) is 10.3. The third kappa shape index (κ3) is 5.79. The molecule has 232 valence electrons. The van der Waals surface area contributed by atoms with E-state index in [0.29, 0.717) is 45.1 Å². The van der Waals surface area contributed by atoms with Crippen molar-refractivity contribution in [1.29, 1.82) is 5.26 Å². The van der Waals surface area contributed by atoms with Gasteiger partial charge < -0.3 is 24.0 Å². The Hall–Kier alpha value is -3.01. The molecule has 2 N–H and O–H groups in total. The molecule has 4 fully saturated rings. The maximum Gasteiger partial charge on any atom is 0.246 e. The van der Waals surface area contributed by atoms with Gasteiger partial charge in [0, 0.05) is 31.6 Å². The molecule has 0 bridgehead atoms. The summed E-state index contributed by atoms with van der Waals surface area (Å²) in [6, 6.07) is 7.69. The standard InChI is InChI=1S/C32H44N6O5/c1-4-27(39)38-17-16-37(19-22(38)11-14-33)30-25-10-13-32(12-9-21-18-24(41-3)7-8-26(21)43-32)29(40)28(25)34-31(35-30)42-20-23-6-5-15-36(23)2/h4,7-8,18,22-23,25,28,30-31,34-35H,1,5-6,9-13,15-17,19-20H2,2-3H3/t22?,23?,25?,28?,30?,31?,32-/m0/s1. The zero-order chi connectivity index (χ0) is 30.1. The van der Waals surface area contributed by atoms with Crippen molar-refractivity contribution in [2.75, 3.05) is 46.9 Å². The van der Waals surface area contributed by atoms with Gasteiger partial charge in [-0.2, -0.15) is 5.26 Å². The average Bonchev–Trinajstić information content (AvgIpc) is 3.45. The van der Waals surface area contributed by atoms with E-state index in [1.165, 1.54) is 6.08 Å². The van der Waals surface area contributed by atoms with E-state index in [1.807, 2.05) is 18.2 Å². The predicted octanol–water partition coefficient (Wildman–Crippen LogP) is 1.63. The smallest absolute Gasteiger partial charge is 0.246 e. The lowest BCUT2D eigenvalue weighted by Gasteiger charge is -2.54. The average molecular weight is 593 g/mol. The van der Waals surface area contributed by atoms with Gasteiger partial charge in [-0.1, -0.05) is 6.58 Å². The minimum absolute atomic E-state index is 0.0163. The number of nitrogens with one attached hydrogen (secondary N) is 2. The second-order valence-electron chi connectivity index (χ2n) is 12.6. The molecule has 6 rings (SSSR count). The molecule has 1 spiro atoms. The van der Waals surface area contributed by atoms with Gasteiger partial charge in [0.05, 0.1) is 44.5 Å². The minimum atomic E-state index is -0.883. The summed E-state index contributed by atoms with van der Waals surface area (Å²) in [7, 11) is 3.78. The van der Waals surface area contributed by atoms with Crippen molar-refractivity contribution in [3.63, 3.8) is 0 Å². The topological polar surface area (TPSA) is 119 Å². The van der Waals surface area contributed by atoms with Crippen LogP contribution in [0, 0.1) is 17.2 Å².